The molecule has 4 nitrogen and oxygen atoms in total. The van der Waals surface area contributed by atoms with Gasteiger partial charge in [0.1, 0.15) is 0 Å². The predicted molar refractivity (Wildman–Crippen MR) is 82.2 cm³/mol. The molecular weight excluding hydrogens is 342 g/mol. The van der Waals surface area contributed by atoms with Crippen molar-refractivity contribution >= 4 is 26.0 Å². The highest BCUT2D eigenvalue weighted by molar-refractivity contribution is 9.10. The van der Waals surface area contributed by atoms with Crippen molar-refractivity contribution in [1.29, 1.82) is 0 Å². The van der Waals surface area contributed by atoms with Crippen LogP contribution in [0.3, 0.4) is 0 Å². The zero-order valence-electron chi connectivity index (χ0n) is 11.8. The minimum Gasteiger partial charge on any atom is -0.381 e. The number of hydrogen-bond donors (Lipinski definition) is 0. The summed E-state index contributed by atoms with van der Waals surface area (Å²) in [5.41, 5.74) is 1.03. The number of aryl methyl sites for hydroxylation is 1. The van der Waals surface area contributed by atoms with Crippen LogP contribution in [0.2, 0.25) is 0 Å². The fourth-order valence-corrected chi connectivity index (χ4v) is 4.77. The third-order valence-corrected chi connectivity index (χ3v) is 6.43. The molecule has 1 aliphatic heterocycles. The van der Waals surface area contributed by atoms with Crippen LogP contribution in [0.4, 0.5) is 0 Å². The molecule has 0 bridgehead atoms. The molecule has 1 aliphatic rings. The number of benzene rings is 1. The van der Waals surface area contributed by atoms with Crippen molar-refractivity contribution in [2.75, 3.05) is 26.8 Å². The topological polar surface area (TPSA) is 46.6 Å². The van der Waals surface area contributed by atoms with Gasteiger partial charge in [-0.25, -0.2) is 12.7 Å². The summed E-state index contributed by atoms with van der Waals surface area (Å²) in [6.07, 6.45) is 1.85. The largest absolute Gasteiger partial charge is 0.381 e. The van der Waals surface area contributed by atoms with E-state index in [0.717, 1.165) is 31.6 Å². The van der Waals surface area contributed by atoms with Crippen LogP contribution < -0.4 is 0 Å². The SMILES string of the molecule is Cc1ccc(S(=O)(=O)N(C)CC2CCOCC2)c(Br)c1. The van der Waals surface area contributed by atoms with Crippen LogP contribution in [0, 0.1) is 12.8 Å². The van der Waals surface area contributed by atoms with Gasteiger partial charge >= 0.3 is 0 Å². The lowest BCUT2D eigenvalue weighted by Crippen LogP contribution is -2.34. The molecule has 1 fully saturated rings. The minimum atomic E-state index is -3.44. The van der Waals surface area contributed by atoms with Crippen LogP contribution in [0.15, 0.2) is 27.6 Å². The van der Waals surface area contributed by atoms with Crippen molar-refractivity contribution < 1.29 is 13.2 Å². The monoisotopic (exact) mass is 361 g/mol. The molecule has 1 aromatic rings. The number of sulfonamides is 1. The van der Waals surface area contributed by atoms with Crippen LogP contribution in [-0.2, 0) is 14.8 Å². The number of nitrogens with zero attached hydrogens (tertiary/aromatic N) is 1. The lowest BCUT2D eigenvalue weighted by atomic mass is 10.0. The van der Waals surface area contributed by atoms with Gasteiger partial charge in [0.25, 0.3) is 0 Å². The van der Waals surface area contributed by atoms with Gasteiger partial charge in [-0.2, -0.15) is 0 Å². The van der Waals surface area contributed by atoms with Crippen LogP contribution in [0.5, 0.6) is 0 Å². The summed E-state index contributed by atoms with van der Waals surface area (Å²) in [5.74, 6) is 0.382. The van der Waals surface area contributed by atoms with E-state index in [1.807, 2.05) is 19.1 Å². The number of halogens is 1. The molecule has 1 heterocycles. The van der Waals surface area contributed by atoms with Crippen molar-refractivity contribution in [2.45, 2.75) is 24.7 Å². The number of rotatable bonds is 4. The van der Waals surface area contributed by atoms with Crippen molar-refractivity contribution in [3.05, 3.63) is 28.2 Å². The third kappa shape index (κ3) is 3.61. The first-order valence-electron chi connectivity index (χ1n) is 6.71. The Morgan fingerprint density at radius 3 is 2.60 bits per heavy atom. The van der Waals surface area contributed by atoms with E-state index in [-0.39, 0.29) is 0 Å². The van der Waals surface area contributed by atoms with Gasteiger partial charge in [-0.3, -0.25) is 0 Å². The zero-order valence-corrected chi connectivity index (χ0v) is 14.2. The predicted octanol–water partition coefficient (Wildman–Crippen LogP) is 2.80. The van der Waals surface area contributed by atoms with Crippen molar-refractivity contribution in [2.24, 2.45) is 5.92 Å². The summed E-state index contributed by atoms with van der Waals surface area (Å²) in [6, 6.07) is 5.31. The van der Waals surface area contributed by atoms with E-state index >= 15 is 0 Å². The van der Waals surface area contributed by atoms with Crippen LogP contribution in [0.25, 0.3) is 0 Å². The standard InChI is InChI=1S/C14H20BrNO3S/c1-11-3-4-14(13(15)9-11)20(17,18)16(2)10-12-5-7-19-8-6-12/h3-4,9,12H,5-8,10H2,1-2H3. The maximum Gasteiger partial charge on any atom is 0.243 e. The van der Waals surface area contributed by atoms with Crippen molar-refractivity contribution in [3.8, 4) is 0 Å². The Morgan fingerprint density at radius 2 is 2.00 bits per heavy atom. The van der Waals surface area contributed by atoms with Crippen LogP contribution >= 0.6 is 15.9 Å². The van der Waals surface area contributed by atoms with Gasteiger partial charge in [0, 0.05) is 31.3 Å². The van der Waals surface area contributed by atoms with Crippen molar-refractivity contribution in [3.63, 3.8) is 0 Å². The molecular formula is C14H20BrNO3S. The minimum absolute atomic E-state index is 0.331. The molecule has 20 heavy (non-hydrogen) atoms. The second-order valence-corrected chi connectivity index (χ2v) is 8.14. The third-order valence-electron chi connectivity index (χ3n) is 3.63. The van der Waals surface area contributed by atoms with E-state index in [4.69, 9.17) is 4.74 Å². The molecule has 0 amide bonds. The summed E-state index contributed by atoms with van der Waals surface area (Å²) >= 11 is 3.35. The number of ether oxygens (including phenoxy) is 1. The Balaban J connectivity index is 2.16. The molecule has 1 saturated heterocycles. The van der Waals surface area contributed by atoms with E-state index in [2.05, 4.69) is 15.9 Å². The van der Waals surface area contributed by atoms with Gasteiger partial charge in [-0.05, 0) is 59.3 Å². The Hall–Kier alpha value is -0.430. The van der Waals surface area contributed by atoms with Crippen LogP contribution in [-0.4, -0.2) is 39.5 Å². The van der Waals surface area contributed by atoms with Gasteiger partial charge < -0.3 is 4.74 Å². The van der Waals surface area contributed by atoms with E-state index in [0.29, 0.717) is 21.8 Å². The van der Waals surface area contributed by atoms with Crippen molar-refractivity contribution in [1.82, 2.24) is 4.31 Å². The lowest BCUT2D eigenvalue weighted by molar-refractivity contribution is 0.0620. The molecule has 6 heteroatoms. The Labute approximate surface area is 129 Å². The second kappa shape index (κ2) is 6.56. The Morgan fingerprint density at radius 1 is 1.35 bits per heavy atom. The summed E-state index contributed by atoms with van der Waals surface area (Å²) in [4.78, 5) is 0.331. The summed E-state index contributed by atoms with van der Waals surface area (Å²) in [6.45, 7) is 3.94. The molecule has 0 radical (unpaired) electrons. The van der Waals surface area contributed by atoms with E-state index in [1.54, 1.807) is 13.1 Å². The number of hydrogen-bond acceptors (Lipinski definition) is 3. The molecule has 0 atom stereocenters. The molecule has 1 aromatic carbocycles. The highest BCUT2D eigenvalue weighted by Gasteiger charge is 2.26. The zero-order chi connectivity index (χ0) is 14.8. The van der Waals surface area contributed by atoms with Gasteiger partial charge in [0.2, 0.25) is 10.0 Å². The highest BCUT2D eigenvalue weighted by atomic mass is 79.9. The molecule has 0 N–H and O–H groups in total. The quantitative estimate of drug-likeness (QED) is 0.828. The lowest BCUT2D eigenvalue weighted by Gasteiger charge is -2.27. The van der Waals surface area contributed by atoms with Gasteiger partial charge in [0.15, 0.2) is 0 Å². The van der Waals surface area contributed by atoms with E-state index in [9.17, 15) is 8.42 Å². The maximum absolute atomic E-state index is 12.6. The highest BCUT2D eigenvalue weighted by Crippen LogP contribution is 2.27. The first-order valence-corrected chi connectivity index (χ1v) is 8.95. The molecule has 0 aromatic heterocycles. The Bertz CT molecular complexity index is 568. The Kier molecular flexibility index (Phi) is 5.23. The smallest absolute Gasteiger partial charge is 0.243 e. The van der Waals surface area contributed by atoms with Crippen LogP contribution in [0.1, 0.15) is 18.4 Å². The van der Waals surface area contributed by atoms with E-state index in [1.165, 1.54) is 4.31 Å². The average molecular weight is 362 g/mol. The molecule has 0 saturated carbocycles. The first kappa shape index (κ1) is 15.9. The molecule has 0 unspecified atom stereocenters. The fraction of sp³-hybridized carbons (Fsp3) is 0.571. The molecule has 2 rings (SSSR count). The fourth-order valence-electron chi connectivity index (χ4n) is 2.37. The first-order chi connectivity index (χ1) is 9.41. The molecule has 0 aliphatic carbocycles. The van der Waals surface area contributed by atoms with Gasteiger partial charge in [-0.1, -0.05) is 6.07 Å². The summed E-state index contributed by atoms with van der Waals surface area (Å²) < 4.78 is 32.6. The van der Waals surface area contributed by atoms with Gasteiger partial charge in [-0.15, -0.1) is 0 Å². The maximum atomic E-state index is 12.6. The molecule has 0 spiro atoms. The normalized spacial score (nSPS) is 17.6. The second-order valence-electron chi connectivity index (χ2n) is 5.28. The van der Waals surface area contributed by atoms with Gasteiger partial charge in [0.05, 0.1) is 4.90 Å². The molecule has 112 valence electrons. The van der Waals surface area contributed by atoms with E-state index < -0.39 is 10.0 Å². The summed E-state index contributed by atoms with van der Waals surface area (Å²) in [5, 5.41) is 0. The summed E-state index contributed by atoms with van der Waals surface area (Å²) in [7, 11) is -1.79. The average Bonchev–Trinajstić information content (AvgIpc) is 2.39.